The van der Waals surface area contributed by atoms with Gasteiger partial charge in [-0.2, -0.15) is 39.5 Å². The molecule has 34 heteroatoms. The monoisotopic (exact) mass is 1420 g/mol. The summed E-state index contributed by atoms with van der Waals surface area (Å²) in [6.07, 6.45) is -1.56. The number of hydrogen-bond donors (Lipinski definition) is 3. The molecule has 0 saturated heterocycles. The first-order chi connectivity index (χ1) is 43.9. The van der Waals surface area contributed by atoms with E-state index in [2.05, 4.69) is 52.4 Å². The molecular weight excluding hydrogens is 1360 g/mol. The number of alkyl halides is 12. The first kappa shape index (κ1) is 78.0. The van der Waals surface area contributed by atoms with Crippen LogP contribution >= 0.6 is 58.0 Å². The van der Waals surface area contributed by atoms with Gasteiger partial charge in [-0.15, -0.1) is 0 Å². The minimum atomic E-state index is -4.58. The predicted octanol–water partition coefficient (Wildman–Crippen LogP) is 17.1. The predicted molar refractivity (Wildman–Crippen MR) is 334 cm³/mol. The Labute approximate surface area is 552 Å². The van der Waals surface area contributed by atoms with E-state index in [0.717, 1.165) is 25.1 Å². The van der Waals surface area contributed by atoms with E-state index in [1.165, 1.54) is 40.1 Å². The summed E-state index contributed by atoms with van der Waals surface area (Å²) >= 11 is 24.8. The third-order valence-corrected chi connectivity index (χ3v) is 13.1. The molecule has 0 radical (unpaired) electrons. The molecule has 5 aromatic heterocycles. The van der Waals surface area contributed by atoms with E-state index < -0.39 is 50.4 Å². The van der Waals surface area contributed by atoms with Gasteiger partial charge in [0.1, 0.15) is 17.2 Å². The fourth-order valence-corrected chi connectivity index (χ4v) is 8.83. The summed E-state index contributed by atoms with van der Waals surface area (Å²) in [5, 5.41) is 14.6. The topological polar surface area (TPSA) is 249 Å². The number of ether oxygens (including phenoxy) is 4. The zero-order chi connectivity index (χ0) is 69.1. The van der Waals surface area contributed by atoms with Crippen molar-refractivity contribution in [2.45, 2.75) is 101 Å². The number of carbonyl (C=O) groups excluding carboxylic acids is 3. The van der Waals surface area contributed by atoms with Crippen LogP contribution in [0.2, 0.25) is 0 Å². The Morgan fingerprint density at radius 3 is 1.19 bits per heavy atom. The summed E-state index contributed by atoms with van der Waals surface area (Å²) in [5.41, 5.74) is 4.65. The molecule has 0 atom stereocenters. The molecule has 8 aromatic rings. The van der Waals surface area contributed by atoms with E-state index in [1.54, 1.807) is 69.2 Å². The molecule has 0 fully saturated rings. The Hall–Kier alpha value is -7.44. The van der Waals surface area contributed by atoms with E-state index in [-0.39, 0.29) is 52.2 Å². The van der Waals surface area contributed by atoms with Crippen LogP contribution in [0.15, 0.2) is 99.0 Å². The molecule has 93 heavy (non-hydrogen) atoms. The molecule has 0 bridgehead atoms. The number of rotatable bonds is 22. The first-order valence-electron chi connectivity index (χ1n) is 28.3. The van der Waals surface area contributed by atoms with Crippen molar-refractivity contribution in [3.8, 4) is 17.2 Å². The van der Waals surface area contributed by atoms with Crippen LogP contribution in [-0.4, -0.2) is 117 Å². The fraction of sp³-hybridized carbons (Fsp3) is 0.424. The van der Waals surface area contributed by atoms with Crippen LogP contribution in [0.3, 0.4) is 0 Å². The van der Waals surface area contributed by atoms with E-state index >= 15 is 0 Å². The molecular formula is C59H66Cl5F9N10O10. The van der Waals surface area contributed by atoms with Crippen LogP contribution in [0.25, 0.3) is 32.9 Å². The molecule has 3 amide bonds. The maximum absolute atomic E-state index is 13.1. The minimum Gasteiger partial charge on any atom is -0.493 e. The molecule has 8 rings (SSSR count). The number of nitrogen functional groups attached to an aromatic ring is 1. The number of nitrogens with zero attached hydrogens (tertiary/aromatic N) is 7. The standard InChI is InChI=1S/C21H23F3N4O3.C16H18ClF3N2O3.C15H19F3N2O2.C5H6N2.C2Cl4O2/c1-3-5-15-17(7-6-16-18(15)31-27-19(16)21(22,23)24)30-13-4-12-28(2)20(29)26-14-8-10-25-11-9-14;1-3-5-10-12(24-9-4-8-22(2)15(17)23)7-6-11-13(10)25-21-14(11)16(18,19)20;1-3-5-10-12(21-9-4-8-19-2)7-6-11-13(10)22-20-14(11)15(16,17)18;6-5-1-3-7-4-2-5;3-1(7)8-2(4,5)6/h6-11H,3-5,12-13H2,1-2H3,(H,25,26,29);6-7H,3-5,8-9H2,1-2H3;6-7,19H,3-5,8-9H2,1-2H3;1-4H,(H2,6,7);. The van der Waals surface area contributed by atoms with Gasteiger partial charge in [-0.3, -0.25) is 14.8 Å². The van der Waals surface area contributed by atoms with Gasteiger partial charge >= 0.3 is 39.3 Å². The summed E-state index contributed by atoms with van der Waals surface area (Å²) in [7, 11) is 5.08. The minimum absolute atomic E-state index is 0.0153. The Bertz CT molecular complexity index is 3600. The Morgan fingerprint density at radius 1 is 0.548 bits per heavy atom. The lowest BCUT2D eigenvalue weighted by Gasteiger charge is -2.18. The highest BCUT2D eigenvalue weighted by atomic mass is 35.6. The number of hydrogen-bond acceptors (Lipinski definition) is 17. The molecule has 0 unspecified atom stereocenters. The van der Waals surface area contributed by atoms with E-state index in [0.29, 0.717) is 104 Å². The number of aromatic nitrogens is 5. The lowest BCUT2D eigenvalue weighted by atomic mass is 10.0. The summed E-state index contributed by atoms with van der Waals surface area (Å²) in [6.45, 7) is 8.49. The average molecular weight is 1420 g/mol. The number of nitrogens with one attached hydrogen (secondary N) is 2. The Morgan fingerprint density at radius 2 is 0.903 bits per heavy atom. The molecule has 20 nitrogen and oxygen atoms in total. The van der Waals surface area contributed by atoms with Crippen LogP contribution < -0.4 is 30.6 Å². The highest BCUT2D eigenvalue weighted by molar-refractivity contribution is 6.69. The average Bonchev–Trinajstić information content (AvgIpc) is 1.70. The van der Waals surface area contributed by atoms with Gasteiger partial charge in [-0.1, -0.05) is 55.5 Å². The summed E-state index contributed by atoms with van der Waals surface area (Å²) in [5.74, 6) is 1.48. The highest BCUT2D eigenvalue weighted by Crippen LogP contribution is 2.41. The largest absolute Gasteiger partial charge is 0.493 e. The normalized spacial score (nSPS) is 11.4. The lowest BCUT2D eigenvalue weighted by molar-refractivity contribution is -0.142. The van der Waals surface area contributed by atoms with Crippen molar-refractivity contribution in [2.75, 3.05) is 71.6 Å². The van der Waals surface area contributed by atoms with Crippen LogP contribution in [0.4, 0.5) is 65.3 Å². The zero-order valence-electron chi connectivity index (χ0n) is 50.8. The Kier molecular flexibility index (Phi) is 31.4. The van der Waals surface area contributed by atoms with Crippen molar-refractivity contribution >= 4 is 119 Å². The van der Waals surface area contributed by atoms with Crippen molar-refractivity contribution in [3.63, 3.8) is 0 Å². The number of pyridine rings is 2. The second-order valence-corrected chi connectivity index (χ2v) is 22.4. The number of halogens is 14. The van der Waals surface area contributed by atoms with Crippen molar-refractivity contribution in [1.82, 2.24) is 40.6 Å². The first-order valence-corrected chi connectivity index (χ1v) is 30.2. The van der Waals surface area contributed by atoms with Crippen molar-refractivity contribution in [1.29, 1.82) is 0 Å². The van der Waals surface area contributed by atoms with Gasteiger partial charge < -0.3 is 58.7 Å². The van der Waals surface area contributed by atoms with Gasteiger partial charge in [0, 0.05) is 91.6 Å². The SMILES string of the molecule is CCCc1c(OCCCN(C)C(=O)Cl)ccc2c(C(F)(F)F)noc12.CCCc1c(OCCCN(C)C(=O)Nc2ccncc2)ccc2c(C(F)(F)F)noc12.CCCc1c(OCCCNC)ccc2c(C(F)(F)F)noc12.Nc1ccncc1.O=C(Cl)OC(Cl)(Cl)Cl. The van der Waals surface area contributed by atoms with E-state index in [9.17, 15) is 53.9 Å². The van der Waals surface area contributed by atoms with Crippen LogP contribution in [0.5, 0.6) is 17.2 Å². The van der Waals surface area contributed by atoms with Crippen molar-refractivity contribution in [2.24, 2.45) is 0 Å². The zero-order valence-corrected chi connectivity index (χ0v) is 54.6. The number of benzene rings is 3. The quantitative estimate of drug-likeness (QED) is 0.0188. The van der Waals surface area contributed by atoms with Crippen LogP contribution in [0, 0.1) is 0 Å². The second kappa shape index (κ2) is 37.5. The van der Waals surface area contributed by atoms with Crippen molar-refractivity contribution < 1.29 is 86.4 Å². The molecule has 5 heterocycles. The van der Waals surface area contributed by atoms with Gasteiger partial charge in [-0.25, -0.2) is 9.59 Å². The van der Waals surface area contributed by atoms with Gasteiger partial charge in [0.15, 0.2) is 33.8 Å². The maximum atomic E-state index is 13.1. The number of carbonyl (C=O) groups is 3. The molecule has 510 valence electrons. The number of nitrogens with two attached hydrogens (primary N) is 1. The number of anilines is 2. The molecule has 4 N–H and O–H groups in total. The number of fused-ring (bicyclic) bond motifs is 3. The highest BCUT2D eigenvalue weighted by Gasteiger charge is 2.40. The maximum Gasteiger partial charge on any atom is 0.437 e. The number of urea groups is 1. The van der Waals surface area contributed by atoms with Gasteiger partial charge in [0.05, 0.1) is 36.0 Å². The second-order valence-electron chi connectivity index (χ2n) is 19.6. The lowest BCUT2D eigenvalue weighted by Crippen LogP contribution is -2.32. The van der Waals surface area contributed by atoms with Gasteiger partial charge in [0.25, 0.3) is 0 Å². The fourth-order valence-electron chi connectivity index (χ4n) is 8.30. The van der Waals surface area contributed by atoms with Crippen LogP contribution in [0.1, 0.15) is 93.1 Å². The summed E-state index contributed by atoms with van der Waals surface area (Å²) in [6, 6.07) is 15.2. The molecule has 0 aliphatic carbocycles. The Balaban J connectivity index is 0.000000269. The third kappa shape index (κ3) is 25.4. The third-order valence-electron chi connectivity index (χ3n) is 12.5. The molecule has 0 aliphatic heterocycles. The van der Waals surface area contributed by atoms with Gasteiger partial charge in [0.2, 0.25) is 0 Å². The summed E-state index contributed by atoms with van der Waals surface area (Å²) < 4.78 is 151. The molecule has 0 aliphatic rings. The number of amides is 3. The number of aryl methyl sites for hydroxylation is 3. The molecule has 0 saturated carbocycles. The molecule has 0 spiro atoms. The van der Waals surface area contributed by atoms with E-state index in [4.69, 9.17) is 79.9 Å². The van der Waals surface area contributed by atoms with Crippen molar-refractivity contribution in [3.05, 3.63) is 119 Å². The smallest absolute Gasteiger partial charge is 0.437 e. The molecule has 3 aromatic carbocycles. The summed E-state index contributed by atoms with van der Waals surface area (Å²) in [4.78, 5) is 43.4. The van der Waals surface area contributed by atoms with Crippen LogP contribution in [-0.2, 0) is 42.5 Å². The van der Waals surface area contributed by atoms with E-state index in [1.807, 2.05) is 27.8 Å². The van der Waals surface area contributed by atoms with Gasteiger partial charge in [-0.05, 0) is 159 Å².